The lowest BCUT2D eigenvalue weighted by molar-refractivity contribution is 0.0648. The molecule has 1 N–H and O–H groups in total. The van der Waals surface area contributed by atoms with E-state index in [4.69, 9.17) is 24.9 Å². The Balaban J connectivity index is 1.12. The summed E-state index contributed by atoms with van der Waals surface area (Å²) in [6.07, 6.45) is 7.79. The fourth-order valence-corrected chi connectivity index (χ4v) is 4.87. The predicted molar refractivity (Wildman–Crippen MR) is 145 cm³/mol. The van der Waals surface area contributed by atoms with E-state index in [1.807, 2.05) is 31.2 Å². The molecule has 0 radical (unpaired) electrons. The fraction of sp³-hybridized carbons (Fsp3) is 0.267. The van der Waals surface area contributed by atoms with Gasteiger partial charge in [0.05, 0.1) is 25.3 Å². The molecule has 6 rings (SSSR count). The van der Waals surface area contributed by atoms with Crippen molar-refractivity contribution in [3.8, 4) is 28.3 Å². The zero-order chi connectivity index (χ0) is 25.2. The first kappa shape index (κ1) is 23.3. The highest BCUT2D eigenvalue weighted by Gasteiger charge is 2.32. The number of hydrogen-bond donors (Lipinski definition) is 1. The lowest BCUT2D eigenvalue weighted by atomic mass is 9.81. The second kappa shape index (κ2) is 10.1. The van der Waals surface area contributed by atoms with E-state index in [9.17, 15) is 0 Å². The van der Waals surface area contributed by atoms with Crippen LogP contribution in [-0.4, -0.2) is 58.6 Å². The van der Waals surface area contributed by atoms with Gasteiger partial charge in [-0.1, -0.05) is 30.4 Å². The monoisotopic (exact) mass is 491 g/mol. The molecule has 2 unspecified atom stereocenters. The van der Waals surface area contributed by atoms with E-state index in [0.717, 1.165) is 52.1 Å². The Morgan fingerprint density at radius 3 is 2.54 bits per heavy atom. The van der Waals surface area contributed by atoms with Crippen LogP contribution in [0, 0.1) is 24.2 Å². The van der Waals surface area contributed by atoms with Gasteiger partial charge in [0.15, 0.2) is 5.82 Å². The average Bonchev–Trinajstić information content (AvgIpc) is 2.93. The maximum atomic E-state index is 8.56. The van der Waals surface area contributed by atoms with Gasteiger partial charge in [-0.25, -0.2) is 9.97 Å². The molecule has 186 valence electrons. The van der Waals surface area contributed by atoms with E-state index in [1.165, 1.54) is 0 Å². The molecule has 7 heteroatoms. The molecule has 2 aromatic carbocycles. The van der Waals surface area contributed by atoms with Crippen molar-refractivity contribution in [3.05, 3.63) is 84.8 Å². The van der Waals surface area contributed by atoms with Crippen molar-refractivity contribution in [2.24, 2.45) is 11.8 Å². The molecular formula is C30H29N5O2. The second-order valence-electron chi connectivity index (χ2n) is 9.50. The number of nitrogens with one attached hydrogen (secondary N) is 1. The van der Waals surface area contributed by atoms with Crippen LogP contribution in [-0.2, 0) is 4.74 Å². The van der Waals surface area contributed by atoms with Crippen molar-refractivity contribution in [1.29, 1.82) is 5.41 Å². The molecule has 1 aliphatic heterocycles. The van der Waals surface area contributed by atoms with Crippen LogP contribution in [0.3, 0.4) is 0 Å². The Labute approximate surface area is 216 Å². The Kier molecular flexibility index (Phi) is 6.37. The fourth-order valence-electron chi connectivity index (χ4n) is 4.87. The predicted octanol–water partition coefficient (Wildman–Crippen LogP) is 5.16. The van der Waals surface area contributed by atoms with Gasteiger partial charge < -0.3 is 14.4 Å². The van der Waals surface area contributed by atoms with Gasteiger partial charge in [0.1, 0.15) is 11.6 Å². The van der Waals surface area contributed by atoms with E-state index in [0.29, 0.717) is 31.5 Å². The minimum Gasteiger partial charge on any atom is -0.493 e. The smallest absolute Gasteiger partial charge is 0.161 e. The van der Waals surface area contributed by atoms with Gasteiger partial charge in [-0.15, -0.1) is 0 Å². The summed E-state index contributed by atoms with van der Waals surface area (Å²) in [7, 11) is 0. The lowest BCUT2D eigenvalue weighted by Crippen LogP contribution is -2.46. The molecule has 1 fully saturated rings. The number of aromatic nitrogens is 3. The standard InChI is InChI=1S/C30H29N5O2/c1-20-27-17-22(7-11-28(27)34-30(33-20)23-3-2-12-32-18-23)21-4-8-25(9-5-21)37-19-24-6-10-26(24)29(31)35-13-15-36-16-14-35/h2-12,17-18,24,26,31H,13-16,19H2,1H3. The van der Waals surface area contributed by atoms with Crippen molar-refractivity contribution >= 4 is 16.7 Å². The highest BCUT2D eigenvalue weighted by molar-refractivity contribution is 5.87. The SMILES string of the molecule is Cc1nc(-c2cccnc2)nc2ccc(-c3ccc(OCC4C=CC4C(=N)N4CCOCC4)cc3)cc12. The first-order chi connectivity index (χ1) is 18.2. The summed E-state index contributed by atoms with van der Waals surface area (Å²) < 4.78 is 11.5. The minimum absolute atomic E-state index is 0.124. The number of nitrogens with zero attached hydrogens (tertiary/aromatic N) is 4. The molecule has 1 aliphatic carbocycles. The van der Waals surface area contributed by atoms with Crippen LogP contribution in [0.25, 0.3) is 33.4 Å². The normalized spacial score (nSPS) is 19.0. The number of aryl methyl sites for hydroxylation is 1. The molecule has 1 saturated heterocycles. The third-order valence-electron chi connectivity index (χ3n) is 7.13. The quantitative estimate of drug-likeness (QED) is 0.228. The zero-order valence-corrected chi connectivity index (χ0v) is 20.8. The van der Waals surface area contributed by atoms with Gasteiger partial charge in [-0.05, 0) is 54.4 Å². The van der Waals surface area contributed by atoms with Crippen LogP contribution in [0.5, 0.6) is 5.75 Å². The number of hydrogen-bond acceptors (Lipinski definition) is 6. The largest absolute Gasteiger partial charge is 0.493 e. The topological polar surface area (TPSA) is 84.2 Å². The molecule has 2 aromatic heterocycles. The highest BCUT2D eigenvalue weighted by atomic mass is 16.5. The number of pyridine rings is 1. The third kappa shape index (κ3) is 4.82. The van der Waals surface area contributed by atoms with Crippen molar-refractivity contribution in [1.82, 2.24) is 19.9 Å². The maximum absolute atomic E-state index is 8.56. The molecule has 3 heterocycles. The van der Waals surface area contributed by atoms with Gasteiger partial charge in [-0.2, -0.15) is 0 Å². The van der Waals surface area contributed by atoms with Gasteiger partial charge in [0.25, 0.3) is 0 Å². The van der Waals surface area contributed by atoms with Gasteiger partial charge in [0.2, 0.25) is 0 Å². The van der Waals surface area contributed by atoms with Crippen LogP contribution in [0.4, 0.5) is 0 Å². The van der Waals surface area contributed by atoms with Crippen LogP contribution in [0.15, 0.2) is 79.1 Å². The third-order valence-corrected chi connectivity index (χ3v) is 7.13. The summed E-state index contributed by atoms with van der Waals surface area (Å²) >= 11 is 0. The van der Waals surface area contributed by atoms with Crippen LogP contribution < -0.4 is 4.74 Å². The molecule has 0 saturated carbocycles. The summed E-state index contributed by atoms with van der Waals surface area (Å²) in [6.45, 7) is 5.57. The van der Waals surface area contributed by atoms with E-state index >= 15 is 0 Å². The maximum Gasteiger partial charge on any atom is 0.161 e. The summed E-state index contributed by atoms with van der Waals surface area (Å²) in [6, 6.07) is 18.4. The van der Waals surface area contributed by atoms with Gasteiger partial charge >= 0.3 is 0 Å². The second-order valence-corrected chi connectivity index (χ2v) is 9.50. The molecule has 2 aliphatic rings. The first-order valence-corrected chi connectivity index (χ1v) is 12.7. The number of benzene rings is 2. The van der Waals surface area contributed by atoms with Crippen LogP contribution >= 0.6 is 0 Å². The van der Waals surface area contributed by atoms with Crippen molar-refractivity contribution in [3.63, 3.8) is 0 Å². The van der Waals surface area contributed by atoms with E-state index < -0.39 is 0 Å². The van der Waals surface area contributed by atoms with E-state index in [2.05, 4.69) is 52.4 Å². The Morgan fingerprint density at radius 1 is 1.00 bits per heavy atom. The molecule has 37 heavy (non-hydrogen) atoms. The number of rotatable bonds is 6. The summed E-state index contributed by atoms with van der Waals surface area (Å²) in [5.41, 5.74) is 4.99. The zero-order valence-electron chi connectivity index (χ0n) is 20.8. The van der Waals surface area contributed by atoms with E-state index in [-0.39, 0.29) is 11.8 Å². The number of amidine groups is 1. The molecule has 2 atom stereocenters. The molecule has 0 amide bonds. The number of fused-ring (bicyclic) bond motifs is 1. The summed E-state index contributed by atoms with van der Waals surface area (Å²) in [4.78, 5) is 15.8. The first-order valence-electron chi connectivity index (χ1n) is 12.7. The van der Waals surface area contributed by atoms with Crippen LogP contribution in [0.2, 0.25) is 0 Å². The molecule has 7 nitrogen and oxygen atoms in total. The number of ether oxygens (including phenoxy) is 2. The Hall–Kier alpha value is -4.10. The highest BCUT2D eigenvalue weighted by Crippen LogP contribution is 2.31. The van der Waals surface area contributed by atoms with Crippen molar-refractivity contribution in [2.45, 2.75) is 6.92 Å². The Morgan fingerprint density at radius 2 is 1.81 bits per heavy atom. The Bertz CT molecular complexity index is 1450. The molecule has 4 aromatic rings. The van der Waals surface area contributed by atoms with Crippen LogP contribution in [0.1, 0.15) is 5.69 Å². The van der Waals surface area contributed by atoms with Gasteiger partial charge in [0, 0.05) is 54.0 Å². The van der Waals surface area contributed by atoms with Crippen molar-refractivity contribution in [2.75, 3.05) is 32.9 Å². The van der Waals surface area contributed by atoms with E-state index in [1.54, 1.807) is 12.4 Å². The molecule has 0 spiro atoms. The number of morpholine rings is 1. The lowest BCUT2D eigenvalue weighted by Gasteiger charge is -2.37. The summed E-state index contributed by atoms with van der Waals surface area (Å²) in [5, 5.41) is 9.59. The minimum atomic E-state index is 0.124. The average molecular weight is 492 g/mol. The molecular weight excluding hydrogens is 462 g/mol. The van der Waals surface area contributed by atoms with Gasteiger partial charge in [-0.3, -0.25) is 10.4 Å². The molecule has 0 bridgehead atoms. The van der Waals surface area contributed by atoms with Crippen molar-refractivity contribution < 1.29 is 9.47 Å². The summed E-state index contributed by atoms with van der Waals surface area (Å²) in [5.74, 6) is 2.56.